The predicted molar refractivity (Wildman–Crippen MR) is 75.3 cm³/mol. The van der Waals surface area contributed by atoms with E-state index in [0.717, 1.165) is 0 Å². The van der Waals surface area contributed by atoms with Crippen LogP contribution in [-0.2, 0) is 14.6 Å². The molecule has 0 aliphatic carbocycles. The van der Waals surface area contributed by atoms with Crippen LogP contribution in [0.4, 0.5) is 0 Å². The normalized spacial score (nSPS) is 14.0. The molecule has 2 aromatic rings. The molecule has 2 heterocycles. The molecule has 11 heteroatoms. The van der Waals surface area contributed by atoms with Gasteiger partial charge in [-0.1, -0.05) is 0 Å². The van der Waals surface area contributed by atoms with Crippen molar-refractivity contribution in [2.24, 2.45) is 0 Å². The van der Waals surface area contributed by atoms with Gasteiger partial charge in [-0.2, -0.15) is 16.1 Å². The van der Waals surface area contributed by atoms with Gasteiger partial charge in [0, 0.05) is 11.6 Å². The van der Waals surface area contributed by atoms with E-state index in [-0.39, 0.29) is 41.6 Å². The molecular weight excluding hydrogens is 346 g/mol. The van der Waals surface area contributed by atoms with Crippen LogP contribution in [0.1, 0.15) is 1.43 Å². The van der Waals surface area contributed by atoms with Crippen molar-refractivity contribution in [1.29, 1.82) is 0 Å². The summed E-state index contributed by atoms with van der Waals surface area (Å²) in [7, 11) is -7.95. The van der Waals surface area contributed by atoms with E-state index in [2.05, 4.69) is 4.98 Å². The van der Waals surface area contributed by atoms with E-state index < -0.39 is 23.9 Å². The van der Waals surface area contributed by atoms with Crippen molar-refractivity contribution in [1.82, 2.24) is 9.71 Å². The van der Waals surface area contributed by atoms with E-state index in [4.69, 9.17) is 4.52 Å². The minimum Gasteiger partial charge on any atom is -1.00 e. The minimum absolute atomic E-state index is 0. The molecule has 110 valence electrons. The van der Waals surface area contributed by atoms with Crippen molar-refractivity contribution < 1.29 is 53.4 Å². The maximum atomic E-state index is 11.8. The van der Waals surface area contributed by atoms with Gasteiger partial charge in [-0.05, 0) is 23.6 Å². The maximum Gasteiger partial charge on any atom is 1.00 e. The monoisotopic (exact) mass is 358 g/mol. The molecule has 1 atom stereocenters. The first-order valence-corrected chi connectivity index (χ1v) is 9.51. The number of hydrogen-bond donors (Lipinski definition) is 2. The summed E-state index contributed by atoms with van der Waals surface area (Å²) >= 11 is 1.21. The third kappa shape index (κ3) is 5.80. The van der Waals surface area contributed by atoms with E-state index in [1.165, 1.54) is 47.3 Å². The summed E-state index contributed by atoms with van der Waals surface area (Å²) in [5, 5.41) is 3.02. The second-order valence-electron chi connectivity index (χ2n) is 3.68. The smallest absolute Gasteiger partial charge is 1.00 e. The first-order chi connectivity index (χ1) is 9.39. The molecule has 2 rings (SSSR count). The van der Waals surface area contributed by atoms with Crippen LogP contribution in [-0.4, -0.2) is 24.6 Å². The summed E-state index contributed by atoms with van der Waals surface area (Å²) in [5.41, 5.74) is 0. The van der Waals surface area contributed by atoms with Crippen molar-refractivity contribution in [2.45, 2.75) is 4.90 Å². The van der Waals surface area contributed by atoms with E-state index in [1.54, 1.807) is 5.38 Å². The minimum atomic E-state index is -4.14. The molecule has 7 nitrogen and oxygen atoms in total. The molecule has 1 unspecified atom stereocenters. The van der Waals surface area contributed by atoms with E-state index in [1.807, 2.05) is 4.72 Å². The van der Waals surface area contributed by atoms with Crippen LogP contribution in [0.3, 0.4) is 0 Å². The molecule has 0 spiro atoms. The number of rotatable bonds is 6. The zero-order chi connectivity index (χ0) is 14.6. The van der Waals surface area contributed by atoms with Gasteiger partial charge in [0.25, 0.3) is 0 Å². The van der Waals surface area contributed by atoms with Crippen LogP contribution in [0.25, 0.3) is 0 Å². The van der Waals surface area contributed by atoms with Crippen LogP contribution in [0.2, 0.25) is 0 Å². The quantitative estimate of drug-likeness (QED) is 0.494. The van der Waals surface area contributed by atoms with Gasteiger partial charge in [0.2, 0.25) is 10.0 Å². The fourth-order valence-corrected chi connectivity index (χ4v) is 4.78. The Morgan fingerprint density at radius 2 is 2.24 bits per heavy atom. The Balaban J connectivity index is 0.00000220. The van der Waals surface area contributed by atoms with Crippen LogP contribution in [0.5, 0.6) is 5.75 Å². The largest absolute Gasteiger partial charge is 1.00 e. The number of hydrogen-bond acceptors (Lipinski definition) is 6. The Labute approximate surface area is 149 Å². The second kappa shape index (κ2) is 7.85. The summed E-state index contributed by atoms with van der Waals surface area (Å²) in [4.78, 5) is 13.4. The van der Waals surface area contributed by atoms with Crippen molar-refractivity contribution in [3.8, 4) is 5.75 Å². The van der Waals surface area contributed by atoms with E-state index in [0.29, 0.717) is 0 Å². The Hall–Kier alpha value is -0.250. The molecule has 2 N–H and O–H groups in total. The standard InChI is InChI=1S/C10H11N2O5PS2.Na.H/c13-18(14,17-9-2-1-4-11-6-9)8-12-20(15,16)10-3-5-19-7-10;;/h1-7,12H,8H2,(H,13,14);;/q;+1;-1. The molecule has 0 aliphatic heterocycles. The first-order valence-electron chi connectivity index (χ1n) is 5.32. The molecule has 0 bridgehead atoms. The van der Waals surface area contributed by atoms with Gasteiger partial charge in [0.1, 0.15) is 12.0 Å². The molecule has 0 saturated carbocycles. The zero-order valence-electron chi connectivity index (χ0n) is 12.0. The van der Waals surface area contributed by atoms with Gasteiger partial charge < -0.3 is 10.8 Å². The van der Waals surface area contributed by atoms with Gasteiger partial charge in [-0.25, -0.2) is 13.0 Å². The van der Waals surface area contributed by atoms with Gasteiger partial charge in [-0.3, -0.25) is 4.98 Å². The number of pyridine rings is 1. The van der Waals surface area contributed by atoms with Crippen LogP contribution < -0.4 is 38.8 Å². The Bertz CT molecular complexity index is 714. The summed E-state index contributed by atoms with van der Waals surface area (Å²) < 4.78 is 42.2. The Morgan fingerprint density at radius 1 is 1.48 bits per heavy atom. The van der Waals surface area contributed by atoms with Gasteiger partial charge in [-0.15, -0.1) is 0 Å². The van der Waals surface area contributed by atoms with Crippen molar-refractivity contribution in [3.63, 3.8) is 0 Å². The van der Waals surface area contributed by atoms with Crippen molar-refractivity contribution in [2.75, 3.05) is 6.29 Å². The Morgan fingerprint density at radius 3 is 2.81 bits per heavy atom. The predicted octanol–water partition coefficient (Wildman–Crippen LogP) is -1.24. The molecule has 0 amide bonds. The first kappa shape index (κ1) is 18.8. The number of thiophene rings is 1. The number of nitrogens with one attached hydrogen (secondary N) is 1. The van der Waals surface area contributed by atoms with Crippen molar-refractivity contribution in [3.05, 3.63) is 41.4 Å². The molecular formula is C10H12N2NaO5PS2. The maximum absolute atomic E-state index is 11.8. The third-order valence-corrected chi connectivity index (χ3v) is 5.64. The number of nitrogens with zero attached hydrogens (tertiary/aromatic N) is 1. The molecule has 21 heavy (non-hydrogen) atoms. The summed E-state index contributed by atoms with van der Waals surface area (Å²) in [6.07, 6.45) is 2.02. The van der Waals surface area contributed by atoms with Gasteiger partial charge in [0.05, 0.1) is 11.1 Å². The fraction of sp³-hybridized carbons (Fsp3) is 0.100. The summed E-state index contributed by atoms with van der Waals surface area (Å²) in [6, 6.07) is 4.38. The molecule has 0 aliphatic rings. The fourth-order valence-electron chi connectivity index (χ4n) is 1.25. The SMILES string of the molecule is O=P(O)(CNS(=O)(=O)c1ccsc1)Oc1cccnc1.[H-].[Na+]. The average Bonchev–Trinajstić information content (AvgIpc) is 2.92. The summed E-state index contributed by atoms with van der Waals surface area (Å²) in [5.74, 6) is 0.0908. The van der Waals surface area contributed by atoms with E-state index >= 15 is 0 Å². The van der Waals surface area contributed by atoms with Crippen molar-refractivity contribution >= 4 is 29.0 Å². The van der Waals surface area contributed by atoms with Crippen LogP contribution >= 0.6 is 18.9 Å². The van der Waals surface area contributed by atoms with E-state index in [9.17, 15) is 17.9 Å². The third-order valence-electron chi connectivity index (χ3n) is 2.14. The number of sulfonamides is 1. The summed E-state index contributed by atoms with van der Waals surface area (Å²) in [6.45, 7) is 0. The topological polar surface area (TPSA) is 106 Å². The van der Waals surface area contributed by atoms with Crippen LogP contribution in [0.15, 0.2) is 46.2 Å². The molecule has 0 radical (unpaired) electrons. The molecule has 0 aromatic carbocycles. The second-order valence-corrected chi connectivity index (χ2v) is 8.00. The molecule has 0 fully saturated rings. The number of aromatic nitrogens is 1. The zero-order valence-corrected chi connectivity index (χ0v) is 15.6. The molecule has 0 saturated heterocycles. The van der Waals surface area contributed by atoms with Crippen LogP contribution in [0, 0.1) is 0 Å². The average molecular weight is 358 g/mol. The Kier molecular flexibility index (Phi) is 7.02. The van der Waals surface area contributed by atoms with Gasteiger partial charge >= 0.3 is 37.2 Å². The van der Waals surface area contributed by atoms with Gasteiger partial charge in [0.15, 0.2) is 0 Å². The molecule has 2 aromatic heterocycles.